The fourth-order valence-corrected chi connectivity index (χ4v) is 1.67. The predicted octanol–water partition coefficient (Wildman–Crippen LogP) is 2.26. The van der Waals surface area contributed by atoms with Crippen LogP contribution < -0.4 is 4.74 Å². The van der Waals surface area contributed by atoms with E-state index in [4.69, 9.17) is 10.00 Å². The first-order valence-corrected chi connectivity index (χ1v) is 5.96. The molecule has 1 aromatic heterocycles. The van der Waals surface area contributed by atoms with Gasteiger partial charge >= 0.3 is 5.69 Å². The molecule has 0 spiro atoms. The Bertz CT molecular complexity index is 672. The molecule has 0 amide bonds. The van der Waals surface area contributed by atoms with Crippen molar-refractivity contribution in [1.82, 2.24) is 9.78 Å². The van der Waals surface area contributed by atoms with E-state index in [0.29, 0.717) is 0 Å². The molecule has 2 aromatic rings. The van der Waals surface area contributed by atoms with Gasteiger partial charge in [-0.05, 0) is 19.1 Å². The highest BCUT2D eigenvalue weighted by molar-refractivity contribution is 5.51. The summed E-state index contributed by atoms with van der Waals surface area (Å²) < 4.78 is 7.18. The maximum absolute atomic E-state index is 11.0. The van der Waals surface area contributed by atoms with E-state index in [0.717, 1.165) is 12.1 Å². The fraction of sp³-hybridized carbons (Fsp3) is 0.231. The number of rotatable bonds is 5. The van der Waals surface area contributed by atoms with Gasteiger partial charge in [-0.2, -0.15) is 10.4 Å². The number of ether oxygens (including phenoxy) is 1. The fourth-order valence-electron chi connectivity index (χ4n) is 1.67. The molecule has 7 nitrogen and oxygen atoms in total. The predicted molar refractivity (Wildman–Crippen MR) is 70.0 cm³/mol. The van der Waals surface area contributed by atoms with Crippen molar-refractivity contribution in [2.24, 2.45) is 0 Å². The van der Waals surface area contributed by atoms with Crippen molar-refractivity contribution in [3.8, 4) is 11.8 Å². The number of nitriles is 1. The summed E-state index contributed by atoms with van der Waals surface area (Å²) in [6.07, 6.45) is 3.47. The molecule has 0 unspecified atom stereocenters. The molecule has 0 aliphatic rings. The van der Waals surface area contributed by atoms with Crippen molar-refractivity contribution in [2.45, 2.75) is 20.1 Å². The number of nitro groups is 1. The molecule has 0 atom stereocenters. The smallest absolute Gasteiger partial charge is 0.312 e. The van der Waals surface area contributed by atoms with E-state index >= 15 is 0 Å². The van der Waals surface area contributed by atoms with Crippen LogP contribution in [0.3, 0.4) is 0 Å². The highest BCUT2D eigenvalue weighted by Gasteiger charge is 2.16. The molecular formula is C13H12N4O3. The number of hydrogen-bond acceptors (Lipinski definition) is 5. The monoisotopic (exact) mass is 272 g/mol. The molecule has 1 heterocycles. The van der Waals surface area contributed by atoms with Gasteiger partial charge < -0.3 is 4.74 Å². The van der Waals surface area contributed by atoms with Crippen molar-refractivity contribution >= 4 is 5.69 Å². The summed E-state index contributed by atoms with van der Waals surface area (Å²) in [5.74, 6) is 0.137. The van der Waals surface area contributed by atoms with E-state index in [1.807, 2.05) is 19.2 Å². The molecule has 0 aliphatic heterocycles. The zero-order chi connectivity index (χ0) is 14.5. The minimum Gasteiger partial charge on any atom is -0.482 e. The van der Waals surface area contributed by atoms with Crippen LogP contribution in [-0.2, 0) is 13.2 Å². The van der Waals surface area contributed by atoms with Crippen LogP contribution in [-0.4, -0.2) is 14.7 Å². The Hall–Kier alpha value is -2.88. The van der Waals surface area contributed by atoms with E-state index in [1.54, 1.807) is 10.9 Å². The van der Waals surface area contributed by atoms with Crippen LogP contribution in [0.2, 0.25) is 0 Å². The van der Waals surface area contributed by atoms with Gasteiger partial charge in [0.25, 0.3) is 0 Å². The van der Waals surface area contributed by atoms with Gasteiger partial charge in [-0.25, -0.2) is 0 Å². The molecule has 0 fully saturated rings. The van der Waals surface area contributed by atoms with Gasteiger partial charge in [0.2, 0.25) is 0 Å². The molecule has 0 aliphatic carbocycles. The molecule has 0 saturated heterocycles. The van der Waals surface area contributed by atoms with Crippen LogP contribution >= 0.6 is 0 Å². The van der Waals surface area contributed by atoms with Gasteiger partial charge in [-0.15, -0.1) is 0 Å². The summed E-state index contributed by atoms with van der Waals surface area (Å²) in [7, 11) is 0. The van der Waals surface area contributed by atoms with E-state index in [2.05, 4.69) is 5.10 Å². The largest absolute Gasteiger partial charge is 0.482 e. The van der Waals surface area contributed by atoms with Crippen LogP contribution in [0.15, 0.2) is 30.6 Å². The Morgan fingerprint density at radius 3 is 2.95 bits per heavy atom. The average Bonchev–Trinajstić information content (AvgIpc) is 2.92. The summed E-state index contributed by atoms with van der Waals surface area (Å²) in [6, 6.07) is 5.98. The highest BCUT2D eigenvalue weighted by atomic mass is 16.6. The van der Waals surface area contributed by atoms with Crippen LogP contribution in [0.4, 0.5) is 5.69 Å². The maximum Gasteiger partial charge on any atom is 0.312 e. The maximum atomic E-state index is 11.0. The third-order valence-corrected chi connectivity index (χ3v) is 2.69. The topological polar surface area (TPSA) is 94.0 Å². The minimum absolute atomic E-state index is 0.137. The van der Waals surface area contributed by atoms with Crippen LogP contribution in [0, 0.1) is 21.4 Å². The molecule has 0 N–H and O–H groups in total. The highest BCUT2D eigenvalue weighted by Crippen LogP contribution is 2.28. The van der Waals surface area contributed by atoms with E-state index in [9.17, 15) is 10.1 Å². The van der Waals surface area contributed by atoms with Gasteiger partial charge in [0.15, 0.2) is 5.75 Å². The lowest BCUT2D eigenvalue weighted by molar-refractivity contribution is -0.386. The summed E-state index contributed by atoms with van der Waals surface area (Å²) in [5, 5.41) is 23.8. The van der Waals surface area contributed by atoms with E-state index in [-0.39, 0.29) is 23.6 Å². The second-order valence-corrected chi connectivity index (χ2v) is 4.04. The first-order valence-electron chi connectivity index (χ1n) is 5.96. The Kier molecular flexibility index (Phi) is 3.96. The first-order chi connectivity index (χ1) is 9.63. The molecule has 0 saturated carbocycles. The van der Waals surface area contributed by atoms with Crippen molar-refractivity contribution in [3.05, 3.63) is 51.8 Å². The second kappa shape index (κ2) is 5.84. The third-order valence-electron chi connectivity index (χ3n) is 2.69. The summed E-state index contributed by atoms with van der Waals surface area (Å²) >= 11 is 0. The Balaban J connectivity index is 2.16. The number of nitrogens with zero attached hydrogens (tertiary/aromatic N) is 4. The van der Waals surface area contributed by atoms with Gasteiger partial charge in [-0.3, -0.25) is 14.8 Å². The number of hydrogen-bond donors (Lipinski definition) is 0. The Morgan fingerprint density at radius 2 is 2.35 bits per heavy atom. The Morgan fingerprint density at radius 1 is 1.55 bits per heavy atom. The number of benzene rings is 1. The quantitative estimate of drug-likeness (QED) is 0.614. The molecule has 102 valence electrons. The van der Waals surface area contributed by atoms with Crippen molar-refractivity contribution in [2.75, 3.05) is 0 Å². The number of nitro benzene ring substituents is 1. The molecule has 0 bridgehead atoms. The van der Waals surface area contributed by atoms with Gasteiger partial charge in [0.1, 0.15) is 6.61 Å². The second-order valence-electron chi connectivity index (χ2n) is 4.04. The van der Waals surface area contributed by atoms with Crippen molar-refractivity contribution < 1.29 is 9.66 Å². The van der Waals surface area contributed by atoms with Crippen LogP contribution in [0.25, 0.3) is 0 Å². The summed E-state index contributed by atoms with van der Waals surface area (Å²) in [6.45, 7) is 2.90. The summed E-state index contributed by atoms with van der Waals surface area (Å²) in [4.78, 5) is 10.4. The molecule has 7 heteroatoms. The van der Waals surface area contributed by atoms with Crippen LogP contribution in [0.5, 0.6) is 5.75 Å². The summed E-state index contributed by atoms with van der Waals surface area (Å²) in [5.41, 5.74) is 0.834. The minimum atomic E-state index is -0.564. The molecule has 2 rings (SSSR count). The van der Waals surface area contributed by atoms with E-state index < -0.39 is 4.92 Å². The lowest BCUT2D eigenvalue weighted by Crippen LogP contribution is -1.99. The zero-order valence-electron chi connectivity index (χ0n) is 10.8. The van der Waals surface area contributed by atoms with Crippen LogP contribution in [0.1, 0.15) is 18.1 Å². The first kappa shape index (κ1) is 13.5. The normalized spacial score (nSPS) is 10.0. The third kappa shape index (κ3) is 2.92. The van der Waals surface area contributed by atoms with Gasteiger partial charge in [0, 0.05) is 24.4 Å². The lowest BCUT2D eigenvalue weighted by atomic mass is 10.2. The van der Waals surface area contributed by atoms with Crippen molar-refractivity contribution in [1.29, 1.82) is 5.26 Å². The lowest BCUT2D eigenvalue weighted by Gasteiger charge is -2.05. The molecule has 0 radical (unpaired) electrons. The number of aryl methyl sites for hydroxylation is 1. The SMILES string of the molecule is CCn1cc(COc2ccc(C#N)cc2[N+](=O)[O-])cn1. The van der Waals surface area contributed by atoms with Gasteiger partial charge in [-0.1, -0.05) is 0 Å². The van der Waals surface area contributed by atoms with Gasteiger partial charge in [0.05, 0.1) is 22.8 Å². The average molecular weight is 272 g/mol. The van der Waals surface area contributed by atoms with E-state index in [1.165, 1.54) is 18.2 Å². The van der Waals surface area contributed by atoms with Crippen molar-refractivity contribution in [3.63, 3.8) is 0 Å². The Labute approximate surface area is 115 Å². The molecule has 1 aromatic carbocycles. The zero-order valence-corrected chi connectivity index (χ0v) is 10.8. The molecular weight excluding hydrogens is 260 g/mol. The number of aromatic nitrogens is 2. The standard InChI is InChI=1S/C13H12N4O3/c1-2-16-8-11(7-15-16)9-20-13-4-3-10(6-14)5-12(13)17(18)19/h3-5,7-8H,2,9H2,1H3. The molecule has 20 heavy (non-hydrogen) atoms.